The number of benzene rings is 2. The van der Waals surface area contributed by atoms with Crippen LogP contribution in [0.3, 0.4) is 0 Å². The Labute approximate surface area is 234 Å². The zero-order valence-electron chi connectivity index (χ0n) is 23.1. The molecule has 12 heteroatoms. The lowest BCUT2D eigenvalue weighted by molar-refractivity contribution is -0.116. The average molecular weight is 566 g/mol. The van der Waals surface area contributed by atoms with Crippen molar-refractivity contribution in [2.24, 2.45) is 0 Å². The van der Waals surface area contributed by atoms with Gasteiger partial charge in [-0.3, -0.25) is 14.2 Å². The molecule has 1 fully saturated rings. The summed E-state index contributed by atoms with van der Waals surface area (Å²) in [7, 11) is 4.46. The molecule has 210 valence electrons. The number of ether oxygens (including phenoxy) is 3. The van der Waals surface area contributed by atoms with Crippen molar-refractivity contribution in [1.82, 2.24) is 14.1 Å². The summed E-state index contributed by atoms with van der Waals surface area (Å²) in [5, 5.41) is 3.47. The van der Waals surface area contributed by atoms with E-state index in [0.29, 0.717) is 38.5 Å². The lowest BCUT2D eigenvalue weighted by Gasteiger charge is -2.16. The van der Waals surface area contributed by atoms with E-state index in [1.54, 1.807) is 24.3 Å². The third kappa shape index (κ3) is 4.79. The van der Waals surface area contributed by atoms with Crippen LogP contribution in [0.15, 0.2) is 39.9 Å². The normalized spacial score (nSPS) is 13.1. The van der Waals surface area contributed by atoms with Crippen molar-refractivity contribution in [3.63, 3.8) is 0 Å². The molecule has 0 aliphatic carbocycles. The van der Waals surface area contributed by atoms with Crippen LogP contribution in [-0.2, 0) is 11.3 Å². The minimum absolute atomic E-state index is 0.198. The summed E-state index contributed by atoms with van der Waals surface area (Å²) < 4.78 is 18.9. The third-order valence-electron chi connectivity index (χ3n) is 7.12. The van der Waals surface area contributed by atoms with Crippen LogP contribution in [0.4, 0.5) is 10.8 Å². The molecule has 40 heavy (non-hydrogen) atoms. The Hall–Kier alpha value is -4.32. The quantitative estimate of drug-likeness (QED) is 0.345. The van der Waals surface area contributed by atoms with Gasteiger partial charge < -0.3 is 24.4 Å². The van der Waals surface area contributed by atoms with Crippen molar-refractivity contribution in [3.8, 4) is 22.9 Å². The number of hydrogen-bond acceptors (Lipinski definition) is 9. The molecule has 0 saturated carbocycles. The fourth-order valence-electron chi connectivity index (χ4n) is 4.90. The van der Waals surface area contributed by atoms with Crippen LogP contribution >= 0.6 is 11.3 Å². The first-order chi connectivity index (χ1) is 19.3. The van der Waals surface area contributed by atoms with Gasteiger partial charge in [0.05, 0.1) is 27.0 Å². The lowest BCUT2D eigenvalue weighted by atomic mass is 10.1. The lowest BCUT2D eigenvalue weighted by Crippen LogP contribution is -2.41. The summed E-state index contributed by atoms with van der Waals surface area (Å²) in [6.07, 6.45) is 2.07. The number of anilines is 2. The van der Waals surface area contributed by atoms with E-state index in [2.05, 4.69) is 15.2 Å². The van der Waals surface area contributed by atoms with E-state index in [0.717, 1.165) is 41.6 Å². The van der Waals surface area contributed by atoms with Crippen LogP contribution in [0, 0.1) is 13.8 Å². The van der Waals surface area contributed by atoms with Crippen LogP contribution in [0.2, 0.25) is 0 Å². The van der Waals surface area contributed by atoms with Gasteiger partial charge in [-0.25, -0.2) is 14.3 Å². The maximum absolute atomic E-state index is 13.9. The fraction of sp³-hybridized carbons (Fsp3) is 0.357. The predicted octanol–water partition coefficient (Wildman–Crippen LogP) is 3.49. The molecule has 1 aliphatic heterocycles. The number of fused-ring (bicyclic) bond motifs is 1. The smallest absolute Gasteiger partial charge is 0.337 e. The van der Waals surface area contributed by atoms with Crippen molar-refractivity contribution in [3.05, 3.63) is 62.3 Å². The Kier molecular flexibility index (Phi) is 7.53. The molecular formula is C28H31N5O6S. The van der Waals surface area contributed by atoms with E-state index in [4.69, 9.17) is 14.2 Å². The molecule has 1 aliphatic rings. The maximum Gasteiger partial charge on any atom is 0.337 e. The molecule has 3 heterocycles. The minimum Gasteiger partial charge on any atom is -0.493 e. The van der Waals surface area contributed by atoms with Crippen molar-refractivity contribution in [1.29, 1.82) is 0 Å². The minimum atomic E-state index is -0.635. The first-order valence-corrected chi connectivity index (χ1v) is 13.7. The largest absolute Gasteiger partial charge is 0.493 e. The second-order valence-corrected chi connectivity index (χ2v) is 10.5. The number of rotatable bonds is 8. The average Bonchev–Trinajstić information content (AvgIpc) is 3.63. The predicted molar refractivity (Wildman–Crippen MR) is 155 cm³/mol. The summed E-state index contributed by atoms with van der Waals surface area (Å²) >= 11 is 1.25. The van der Waals surface area contributed by atoms with E-state index in [9.17, 15) is 14.4 Å². The number of aromatic nitrogens is 3. The standard InChI is InChI=1S/C28H31N5O6S/c1-16-9-8-10-19(17(16)2)33-26(35)24-25(30-27(40-24)31-11-6-7-12-31)32(28(33)36)15-22(34)29-18-13-20(37-3)23(39-5)21(14-18)38-4/h8-10,13-14H,6-7,11-12,15H2,1-5H3,(H,29,34). The van der Waals surface area contributed by atoms with E-state index in [-0.39, 0.29) is 12.2 Å². The molecule has 0 unspecified atom stereocenters. The molecular weight excluding hydrogens is 534 g/mol. The molecule has 1 amide bonds. The second kappa shape index (κ2) is 11.0. The van der Waals surface area contributed by atoms with Crippen molar-refractivity contribution in [2.45, 2.75) is 33.2 Å². The Morgan fingerprint density at radius 1 is 1.02 bits per heavy atom. The zero-order valence-corrected chi connectivity index (χ0v) is 23.9. The second-order valence-electron chi connectivity index (χ2n) is 9.53. The Balaban J connectivity index is 1.62. The number of nitrogens with one attached hydrogen (secondary N) is 1. The molecule has 1 saturated heterocycles. The molecule has 11 nitrogen and oxygen atoms in total. The van der Waals surface area contributed by atoms with Gasteiger partial charge in [0.1, 0.15) is 11.2 Å². The zero-order chi connectivity index (χ0) is 28.6. The number of hydrogen-bond donors (Lipinski definition) is 1. The van der Waals surface area contributed by atoms with Gasteiger partial charge in [-0.1, -0.05) is 23.5 Å². The number of carbonyl (C=O) groups excluding carboxylic acids is 1. The number of thiazole rings is 1. The third-order valence-corrected chi connectivity index (χ3v) is 8.21. The van der Waals surface area contributed by atoms with Gasteiger partial charge in [-0.2, -0.15) is 0 Å². The molecule has 0 radical (unpaired) electrons. The molecule has 1 N–H and O–H groups in total. The van der Waals surface area contributed by atoms with Crippen LogP contribution in [-0.4, -0.2) is 54.4 Å². The molecule has 2 aromatic heterocycles. The topological polar surface area (TPSA) is 117 Å². The van der Waals surface area contributed by atoms with Gasteiger partial charge in [-0.05, 0) is 43.9 Å². The van der Waals surface area contributed by atoms with Gasteiger partial charge in [0.15, 0.2) is 22.3 Å². The molecule has 5 rings (SSSR count). The van der Waals surface area contributed by atoms with Gasteiger partial charge in [0, 0.05) is 30.9 Å². The van der Waals surface area contributed by atoms with E-state index >= 15 is 0 Å². The highest BCUT2D eigenvalue weighted by Crippen LogP contribution is 2.40. The molecule has 2 aromatic carbocycles. The summed E-state index contributed by atoms with van der Waals surface area (Å²) in [6.45, 7) is 5.09. The van der Waals surface area contributed by atoms with Gasteiger partial charge >= 0.3 is 5.69 Å². The van der Waals surface area contributed by atoms with Gasteiger partial charge in [0.25, 0.3) is 5.56 Å². The highest BCUT2D eigenvalue weighted by molar-refractivity contribution is 7.22. The molecule has 0 bridgehead atoms. The highest BCUT2D eigenvalue weighted by Gasteiger charge is 2.25. The van der Waals surface area contributed by atoms with Crippen LogP contribution in [0.25, 0.3) is 16.0 Å². The number of carbonyl (C=O) groups is 1. The van der Waals surface area contributed by atoms with Crippen molar-refractivity contribution >= 4 is 38.4 Å². The Morgan fingerprint density at radius 2 is 1.70 bits per heavy atom. The molecule has 0 atom stereocenters. The van der Waals surface area contributed by atoms with Crippen molar-refractivity contribution in [2.75, 3.05) is 44.6 Å². The summed E-state index contributed by atoms with van der Waals surface area (Å²) in [5.41, 5.74) is 1.73. The number of nitrogens with zero attached hydrogens (tertiary/aromatic N) is 4. The van der Waals surface area contributed by atoms with E-state index < -0.39 is 17.2 Å². The summed E-state index contributed by atoms with van der Waals surface area (Å²) in [4.78, 5) is 47.8. The molecule has 0 spiro atoms. The van der Waals surface area contributed by atoms with Crippen LogP contribution in [0.5, 0.6) is 17.2 Å². The number of aryl methyl sites for hydroxylation is 1. The number of methoxy groups -OCH3 is 3. The molecule has 4 aromatic rings. The Morgan fingerprint density at radius 3 is 2.33 bits per heavy atom. The van der Waals surface area contributed by atoms with Gasteiger partial charge in [-0.15, -0.1) is 0 Å². The van der Waals surface area contributed by atoms with Crippen LogP contribution < -0.4 is 35.7 Å². The summed E-state index contributed by atoms with van der Waals surface area (Å²) in [5.74, 6) is 0.642. The first kappa shape index (κ1) is 27.3. The van der Waals surface area contributed by atoms with E-state index in [1.165, 1.54) is 37.2 Å². The van der Waals surface area contributed by atoms with Crippen LogP contribution in [0.1, 0.15) is 24.0 Å². The number of amides is 1. The Bertz CT molecular complexity index is 1690. The fourth-order valence-corrected chi connectivity index (χ4v) is 5.95. The van der Waals surface area contributed by atoms with E-state index in [1.807, 2.05) is 19.9 Å². The maximum atomic E-state index is 13.9. The summed E-state index contributed by atoms with van der Waals surface area (Å²) in [6, 6.07) is 8.66. The highest BCUT2D eigenvalue weighted by atomic mass is 32.1. The van der Waals surface area contributed by atoms with Crippen molar-refractivity contribution < 1.29 is 19.0 Å². The first-order valence-electron chi connectivity index (χ1n) is 12.8. The SMILES string of the molecule is COc1cc(NC(=O)Cn2c(=O)n(-c3cccc(C)c3C)c(=O)c3sc(N4CCCC4)nc32)cc(OC)c1OC. The monoisotopic (exact) mass is 565 g/mol. The van der Waals surface area contributed by atoms with Gasteiger partial charge in [0.2, 0.25) is 11.7 Å².